The Labute approximate surface area is 210 Å². The maximum atomic E-state index is 12.7. The predicted octanol–water partition coefficient (Wildman–Crippen LogP) is -4.88. The molecule has 14 N–H and O–H groups in total. The summed E-state index contributed by atoms with van der Waals surface area (Å²) < 4.78 is 0. The van der Waals surface area contributed by atoms with E-state index in [9.17, 15) is 33.6 Å². The van der Waals surface area contributed by atoms with Crippen LogP contribution in [-0.4, -0.2) is 93.5 Å². The third-order valence-corrected chi connectivity index (χ3v) is 4.62. The molecule has 0 aliphatic heterocycles. The molecule has 0 saturated heterocycles. The third kappa shape index (κ3) is 14.5. The van der Waals surface area contributed by atoms with Crippen LogP contribution in [0.1, 0.15) is 38.5 Å². The molecule has 0 aromatic rings. The van der Waals surface area contributed by atoms with Crippen LogP contribution in [-0.2, 0) is 33.6 Å². The van der Waals surface area contributed by atoms with Crippen LogP contribution in [0, 0.1) is 0 Å². The van der Waals surface area contributed by atoms with Gasteiger partial charge in [0.25, 0.3) is 0 Å². The van der Waals surface area contributed by atoms with Crippen molar-refractivity contribution in [2.45, 2.75) is 62.7 Å². The second-order valence-electron chi connectivity index (χ2n) is 7.78. The van der Waals surface area contributed by atoms with Crippen LogP contribution < -0.4 is 38.9 Å². The zero-order valence-corrected chi connectivity index (χ0v) is 19.7. The topological polar surface area (TPSA) is 333 Å². The second kappa shape index (κ2) is 16.2. The number of carbonyl (C=O) groups is 7. The molecule has 4 amide bonds. The summed E-state index contributed by atoms with van der Waals surface area (Å²) in [5.74, 6) is -9.00. The van der Waals surface area contributed by atoms with E-state index < -0.39 is 91.4 Å². The van der Waals surface area contributed by atoms with Crippen LogP contribution in [0.2, 0.25) is 0 Å². The minimum absolute atomic E-state index is 0.0772. The number of rotatable bonds is 18. The summed E-state index contributed by atoms with van der Waals surface area (Å²) in [4.78, 5) is 85.9. The first-order valence-electron chi connectivity index (χ1n) is 10.8. The fourth-order valence-electron chi connectivity index (χ4n) is 2.79. The average molecular weight is 533 g/mol. The Bertz CT molecular complexity index is 905. The number of hydrogen-bond donors (Lipinski definition) is 10. The summed E-state index contributed by atoms with van der Waals surface area (Å²) in [6, 6.07) is -6.38. The van der Waals surface area contributed by atoms with Gasteiger partial charge in [-0.3, -0.25) is 33.8 Å². The van der Waals surface area contributed by atoms with Gasteiger partial charge < -0.3 is 54.2 Å². The molecule has 37 heavy (non-hydrogen) atoms. The van der Waals surface area contributed by atoms with E-state index in [1.165, 1.54) is 0 Å². The summed E-state index contributed by atoms with van der Waals surface area (Å²) >= 11 is 0. The molecule has 0 rings (SSSR count). The first-order chi connectivity index (χ1) is 17.1. The Kier molecular flexibility index (Phi) is 14.3. The molecule has 0 fully saturated rings. The number of nitrogens with one attached hydrogen (secondary N) is 3. The molecule has 4 atom stereocenters. The van der Waals surface area contributed by atoms with Gasteiger partial charge in [-0.2, -0.15) is 0 Å². The summed E-state index contributed by atoms with van der Waals surface area (Å²) in [5, 5.41) is 33.2. The smallest absolute Gasteiger partial charge is 0.326 e. The first kappa shape index (κ1) is 32.5. The SMILES string of the molecule is NC(=O)CCC(NC(=O)C(CC(=O)O)NC(=O)C(N)CCCN=C(N)N)C(=O)NC(CC(=O)O)C(=O)O. The van der Waals surface area contributed by atoms with Gasteiger partial charge in [-0.15, -0.1) is 0 Å². The number of carbonyl (C=O) groups excluding carboxylic acids is 4. The lowest BCUT2D eigenvalue weighted by atomic mass is 10.1. The molecule has 0 spiro atoms. The highest BCUT2D eigenvalue weighted by atomic mass is 16.4. The minimum Gasteiger partial charge on any atom is -0.481 e. The highest BCUT2D eigenvalue weighted by Gasteiger charge is 2.32. The lowest BCUT2D eigenvalue weighted by Gasteiger charge is -2.24. The number of nitrogens with two attached hydrogens (primary N) is 4. The van der Waals surface area contributed by atoms with Crippen LogP contribution in [0.25, 0.3) is 0 Å². The molecule has 0 aromatic heterocycles. The number of carboxylic acids is 3. The number of guanidine groups is 1. The third-order valence-electron chi connectivity index (χ3n) is 4.62. The van der Waals surface area contributed by atoms with Gasteiger partial charge >= 0.3 is 17.9 Å². The van der Waals surface area contributed by atoms with Gasteiger partial charge in [0.2, 0.25) is 23.6 Å². The molecule has 0 heterocycles. The highest BCUT2D eigenvalue weighted by molar-refractivity contribution is 5.96. The van der Waals surface area contributed by atoms with Crippen molar-refractivity contribution in [2.24, 2.45) is 27.9 Å². The average Bonchev–Trinajstić information content (AvgIpc) is 2.76. The molecule has 0 aromatic carbocycles. The van der Waals surface area contributed by atoms with Gasteiger partial charge in [0.15, 0.2) is 5.96 Å². The van der Waals surface area contributed by atoms with Crippen LogP contribution in [0.15, 0.2) is 4.99 Å². The molecule has 4 unspecified atom stereocenters. The number of nitrogens with zero attached hydrogens (tertiary/aromatic N) is 1. The quantitative estimate of drug-likeness (QED) is 0.0450. The summed E-state index contributed by atoms with van der Waals surface area (Å²) in [7, 11) is 0. The first-order valence-corrected chi connectivity index (χ1v) is 10.8. The van der Waals surface area contributed by atoms with E-state index in [0.29, 0.717) is 6.42 Å². The van der Waals surface area contributed by atoms with E-state index >= 15 is 0 Å². The second-order valence-corrected chi connectivity index (χ2v) is 7.78. The Balaban J connectivity index is 5.52. The maximum absolute atomic E-state index is 12.7. The Morgan fingerprint density at radius 2 is 1.19 bits per heavy atom. The summed E-state index contributed by atoms with van der Waals surface area (Å²) in [6.07, 6.45) is -2.43. The molecule has 0 aliphatic carbocycles. The van der Waals surface area contributed by atoms with E-state index in [-0.39, 0.29) is 18.9 Å². The van der Waals surface area contributed by atoms with Gasteiger partial charge in [0.05, 0.1) is 18.9 Å². The molecule has 0 saturated carbocycles. The number of carboxylic acid groups (broad SMARTS) is 3. The normalized spacial score (nSPS) is 13.6. The van der Waals surface area contributed by atoms with Gasteiger partial charge in [0.1, 0.15) is 18.1 Å². The number of aliphatic imine (C=N–C) groups is 1. The Morgan fingerprint density at radius 1 is 0.703 bits per heavy atom. The van der Waals surface area contributed by atoms with E-state index in [2.05, 4.69) is 15.6 Å². The Morgan fingerprint density at radius 3 is 1.68 bits per heavy atom. The van der Waals surface area contributed by atoms with E-state index in [4.69, 9.17) is 38.3 Å². The van der Waals surface area contributed by atoms with Gasteiger partial charge in [-0.05, 0) is 19.3 Å². The molecule has 208 valence electrons. The van der Waals surface area contributed by atoms with Crippen molar-refractivity contribution >= 4 is 47.5 Å². The molecular weight excluding hydrogens is 500 g/mol. The van der Waals surface area contributed by atoms with Crippen molar-refractivity contribution in [3.63, 3.8) is 0 Å². The van der Waals surface area contributed by atoms with Crippen LogP contribution in [0.3, 0.4) is 0 Å². The fourth-order valence-corrected chi connectivity index (χ4v) is 2.79. The molecule has 0 aliphatic rings. The van der Waals surface area contributed by atoms with Crippen LogP contribution >= 0.6 is 0 Å². The predicted molar refractivity (Wildman–Crippen MR) is 124 cm³/mol. The fraction of sp³-hybridized carbons (Fsp3) is 0.579. The largest absolute Gasteiger partial charge is 0.481 e. The Hall–Kier alpha value is -4.48. The van der Waals surface area contributed by atoms with Crippen molar-refractivity contribution < 1.29 is 48.9 Å². The minimum atomic E-state index is -1.87. The van der Waals surface area contributed by atoms with Crippen molar-refractivity contribution in [1.82, 2.24) is 16.0 Å². The maximum Gasteiger partial charge on any atom is 0.326 e. The van der Waals surface area contributed by atoms with Gasteiger partial charge in [0, 0.05) is 13.0 Å². The van der Waals surface area contributed by atoms with E-state index in [0.717, 1.165) is 0 Å². The zero-order chi connectivity index (χ0) is 28.7. The number of amides is 4. The van der Waals surface area contributed by atoms with Crippen molar-refractivity contribution in [1.29, 1.82) is 0 Å². The summed E-state index contributed by atoms with van der Waals surface area (Å²) in [5.41, 5.74) is 21.2. The molecule has 0 bridgehead atoms. The zero-order valence-electron chi connectivity index (χ0n) is 19.7. The standard InChI is InChI=1S/C19H32N8O10/c20-8(2-1-5-24-19(22)23)15(33)26-10(6-13(29)30)17(35)25-9(3-4-12(21)28)16(34)27-11(18(36)37)7-14(31)32/h8-11H,1-7,20H2,(H2,21,28)(H,25,35)(H,26,33)(H,27,34)(H,29,30)(H,31,32)(H,36,37)(H4,22,23,24). The van der Waals surface area contributed by atoms with Crippen LogP contribution in [0.4, 0.5) is 0 Å². The molecular formula is C19H32N8O10. The lowest BCUT2D eigenvalue weighted by molar-refractivity contribution is -0.147. The molecule has 18 nitrogen and oxygen atoms in total. The molecule has 18 heteroatoms. The van der Waals surface area contributed by atoms with Crippen molar-refractivity contribution in [2.75, 3.05) is 6.54 Å². The highest BCUT2D eigenvalue weighted by Crippen LogP contribution is 2.04. The molecule has 0 radical (unpaired) electrons. The van der Waals surface area contributed by atoms with E-state index in [1.54, 1.807) is 0 Å². The lowest BCUT2D eigenvalue weighted by Crippen LogP contribution is -2.57. The number of aliphatic carboxylic acids is 3. The van der Waals surface area contributed by atoms with E-state index in [1.807, 2.05) is 5.32 Å². The van der Waals surface area contributed by atoms with Gasteiger partial charge in [-0.25, -0.2) is 4.79 Å². The van der Waals surface area contributed by atoms with Gasteiger partial charge in [-0.1, -0.05) is 0 Å². The van der Waals surface area contributed by atoms with Crippen molar-refractivity contribution in [3.05, 3.63) is 0 Å². The monoisotopic (exact) mass is 532 g/mol. The van der Waals surface area contributed by atoms with Crippen molar-refractivity contribution in [3.8, 4) is 0 Å². The number of hydrogen-bond acceptors (Lipinski definition) is 9. The number of primary amides is 1. The summed E-state index contributed by atoms with van der Waals surface area (Å²) in [6.45, 7) is 0.165. The van der Waals surface area contributed by atoms with Crippen LogP contribution in [0.5, 0.6) is 0 Å².